The zero-order chi connectivity index (χ0) is 28.4. The zero-order valence-corrected chi connectivity index (χ0v) is 26.1. The predicted octanol–water partition coefficient (Wildman–Crippen LogP) is 6.49. The van der Waals surface area contributed by atoms with Gasteiger partial charge in [-0.1, -0.05) is 54.9 Å². The summed E-state index contributed by atoms with van der Waals surface area (Å²) in [5.74, 6) is 1.09. The van der Waals surface area contributed by atoms with E-state index in [4.69, 9.17) is 4.74 Å². The second-order valence-corrected chi connectivity index (χ2v) is 15.8. The SMILES string of the molecule is CC[C@@H](NCCC[C@](C)(O)C1CCC2(C)[C@]1(C)C(O)CC1[C@@]3(C)CCCC(C)(C)C3CC[C@]12C)C(=O)OC. The molecule has 4 aliphatic rings. The van der Waals surface area contributed by atoms with Crippen LogP contribution in [0.15, 0.2) is 0 Å². The smallest absolute Gasteiger partial charge is 0.322 e. The largest absolute Gasteiger partial charge is 0.468 e. The molecule has 0 bridgehead atoms. The van der Waals surface area contributed by atoms with E-state index in [9.17, 15) is 15.0 Å². The lowest BCUT2D eigenvalue weighted by atomic mass is 9.32. The molecule has 5 unspecified atom stereocenters. The Hall–Kier alpha value is -0.650. The molecule has 0 aromatic heterocycles. The Labute approximate surface area is 233 Å². The maximum atomic E-state index is 12.1. The van der Waals surface area contributed by atoms with Crippen LogP contribution in [0, 0.1) is 44.8 Å². The van der Waals surface area contributed by atoms with Gasteiger partial charge in [0.25, 0.3) is 0 Å². The van der Waals surface area contributed by atoms with Gasteiger partial charge in [0, 0.05) is 5.41 Å². The average molecular weight is 534 g/mol. The van der Waals surface area contributed by atoms with E-state index in [0.717, 1.165) is 31.6 Å². The summed E-state index contributed by atoms with van der Waals surface area (Å²) in [7, 11) is 1.43. The fourth-order valence-electron chi connectivity index (χ4n) is 11.6. The van der Waals surface area contributed by atoms with Crippen molar-refractivity contribution in [2.24, 2.45) is 44.8 Å². The summed E-state index contributed by atoms with van der Waals surface area (Å²) in [6, 6.07) is -0.296. The van der Waals surface area contributed by atoms with E-state index in [0.29, 0.717) is 30.7 Å². The van der Waals surface area contributed by atoms with E-state index in [1.165, 1.54) is 39.2 Å². The summed E-state index contributed by atoms with van der Waals surface area (Å²) in [6.45, 7) is 19.6. The molecule has 220 valence electrons. The first-order chi connectivity index (χ1) is 17.5. The third kappa shape index (κ3) is 4.23. The van der Waals surface area contributed by atoms with Gasteiger partial charge in [-0.25, -0.2) is 0 Å². The van der Waals surface area contributed by atoms with Gasteiger partial charge in [0.05, 0.1) is 18.8 Å². The van der Waals surface area contributed by atoms with Crippen molar-refractivity contribution in [2.45, 2.75) is 144 Å². The van der Waals surface area contributed by atoms with Gasteiger partial charge in [0.1, 0.15) is 6.04 Å². The van der Waals surface area contributed by atoms with Crippen molar-refractivity contribution in [1.29, 1.82) is 0 Å². The highest BCUT2D eigenvalue weighted by atomic mass is 16.5. The van der Waals surface area contributed by atoms with Crippen LogP contribution >= 0.6 is 0 Å². The Bertz CT molecular complexity index is 886. The quantitative estimate of drug-likeness (QED) is 0.245. The van der Waals surface area contributed by atoms with Crippen LogP contribution in [0.25, 0.3) is 0 Å². The van der Waals surface area contributed by atoms with Gasteiger partial charge in [-0.3, -0.25) is 4.79 Å². The van der Waals surface area contributed by atoms with Crippen molar-refractivity contribution in [3.8, 4) is 0 Å². The molecule has 10 atom stereocenters. The van der Waals surface area contributed by atoms with Crippen molar-refractivity contribution in [3.05, 3.63) is 0 Å². The van der Waals surface area contributed by atoms with Crippen molar-refractivity contribution in [2.75, 3.05) is 13.7 Å². The van der Waals surface area contributed by atoms with Crippen LogP contribution in [-0.2, 0) is 9.53 Å². The topological polar surface area (TPSA) is 78.8 Å². The number of hydrogen-bond donors (Lipinski definition) is 3. The Balaban J connectivity index is 1.55. The number of carbonyl (C=O) groups excluding carboxylic acids is 1. The first-order valence-corrected chi connectivity index (χ1v) is 15.8. The van der Waals surface area contributed by atoms with Gasteiger partial charge in [-0.05, 0) is 117 Å². The van der Waals surface area contributed by atoms with Gasteiger partial charge in [0.15, 0.2) is 0 Å². The van der Waals surface area contributed by atoms with E-state index in [1.54, 1.807) is 0 Å². The standard InChI is InChI=1S/C33H59NO4/c1-10-22(27(36)38-9)34-20-12-17-31(6,37)24-14-19-32(7)30(5)18-13-23-28(2,3)15-11-16-29(23,4)25(30)21-26(35)33(24,32)8/h22-26,34-35,37H,10-21H2,1-9H3/t22-,23?,24?,25?,26?,29+,30-,31+,32?,33+/m1/s1. The summed E-state index contributed by atoms with van der Waals surface area (Å²) in [5, 5.41) is 27.4. The fraction of sp³-hybridized carbons (Fsp3) is 0.970. The molecule has 4 aliphatic carbocycles. The second-order valence-electron chi connectivity index (χ2n) is 15.8. The van der Waals surface area contributed by atoms with Crippen LogP contribution in [-0.4, -0.2) is 47.6 Å². The first kappa shape index (κ1) is 30.3. The minimum Gasteiger partial charge on any atom is -0.468 e. The van der Waals surface area contributed by atoms with Crippen molar-refractivity contribution < 1.29 is 19.7 Å². The van der Waals surface area contributed by atoms with Crippen LogP contribution < -0.4 is 5.32 Å². The van der Waals surface area contributed by atoms with Crippen molar-refractivity contribution in [1.82, 2.24) is 5.32 Å². The number of methoxy groups -OCH3 is 1. The number of aliphatic hydroxyl groups excluding tert-OH is 1. The summed E-state index contributed by atoms with van der Waals surface area (Å²) >= 11 is 0. The lowest BCUT2D eigenvalue weighted by Gasteiger charge is -2.72. The number of esters is 1. The summed E-state index contributed by atoms with van der Waals surface area (Å²) in [6.07, 6.45) is 11.1. The molecule has 0 spiro atoms. The molecule has 0 heterocycles. The van der Waals surface area contributed by atoms with Gasteiger partial charge >= 0.3 is 5.97 Å². The number of rotatable bonds is 8. The van der Waals surface area contributed by atoms with Crippen LogP contribution in [0.4, 0.5) is 0 Å². The number of ether oxygens (including phenoxy) is 1. The predicted molar refractivity (Wildman–Crippen MR) is 154 cm³/mol. The Morgan fingerprint density at radius 1 is 1.05 bits per heavy atom. The van der Waals surface area contributed by atoms with E-state index >= 15 is 0 Å². The number of fused-ring (bicyclic) bond motifs is 5. The van der Waals surface area contributed by atoms with Gasteiger partial charge in [-0.2, -0.15) is 0 Å². The molecule has 0 aromatic carbocycles. The molecule has 4 fully saturated rings. The highest BCUT2D eigenvalue weighted by Gasteiger charge is 2.75. The van der Waals surface area contributed by atoms with E-state index in [-0.39, 0.29) is 39.6 Å². The van der Waals surface area contributed by atoms with Crippen LogP contribution in [0.3, 0.4) is 0 Å². The minimum absolute atomic E-state index is 0.0109. The second kappa shape index (κ2) is 10.0. The van der Waals surface area contributed by atoms with E-state index in [1.807, 2.05) is 13.8 Å². The molecule has 4 rings (SSSR count). The summed E-state index contributed by atoms with van der Waals surface area (Å²) in [4.78, 5) is 11.9. The van der Waals surface area contributed by atoms with E-state index in [2.05, 4.69) is 46.9 Å². The van der Waals surface area contributed by atoms with Crippen LogP contribution in [0.1, 0.15) is 126 Å². The molecule has 0 radical (unpaired) electrons. The molecule has 0 aliphatic heterocycles. The molecule has 0 amide bonds. The monoisotopic (exact) mass is 533 g/mol. The molecule has 5 heteroatoms. The molecule has 3 N–H and O–H groups in total. The minimum atomic E-state index is -0.862. The Morgan fingerprint density at radius 2 is 1.74 bits per heavy atom. The average Bonchev–Trinajstić information content (AvgIpc) is 3.14. The summed E-state index contributed by atoms with van der Waals surface area (Å²) in [5.41, 5.74) is -0.368. The lowest BCUT2D eigenvalue weighted by molar-refractivity contribution is -0.268. The maximum absolute atomic E-state index is 12.1. The lowest BCUT2D eigenvalue weighted by Crippen LogP contribution is -2.69. The summed E-state index contributed by atoms with van der Waals surface area (Å²) < 4.78 is 4.90. The van der Waals surface area contributed by atoms with Gasteiger partial charge in [0.2, 0.25) is 0 Å². The third-order valence-electron chi connectivity index (χ3n) is 13.9. The van der Waals surface area contributed by atoms with Crippen LogP contribution in [0.2, 0.25) is 0 Å². The maximum Gasteiger partial charge on any atom is 0.322 e. The molecule has 38 heavy (non-hydrogen) atoms. The number of carbonyl (C=O) groups is 1. The number of aliphatic hydroxyl groups is 2. The number of nitrogens with one attached hydrogen (secondary N) is 1. The molecule has 5 nitrogen and oxygen atoms in total. The van der Waals surface area contributed by atoms with Crippen molar-refractivity contribution >= 4 is 5.97 Å². The molecule has 0 saturated heterocycles. The fourth-order valence-corrected chi connectivity index (χ4v) is 11.6. The number of hydrogen-bond acceptors (Lipinski definition) is 5. The Morgan fingerprint density at radius 3 is 2.37 bits per heavy atom. The highest BCUT2D eigenvalue weighted by molar-refractivity contribution is 5.75. The molecular formula is C33H59NO4. The zero-order valence-electron chi connectivity index (χ0n) is 26.1. The third-order valence-corrected chi connectivity index (χ3v) is 13.9. The Kier molecular flexibility index (Phi) is 7.99. The highest BCUT2D eigenvalue weighted by Crippen LogP contribution is 2.79. The van der Waals surface area contributed by atoms with Crippen LogP contribution in [0.5, 0.6) is 0 Å². The van der Waals surface area contributed by atoms with Gasteiger partial charge < -0.3 is 20.3 Å². The van der Waals surface area contributed by atoms with Gasteiger partial charge in [-0.15, -0.1) is 0 Å². The molecular weight excluding hydrogens is 474 g/mol. The molecule has 4 saturated carbocycles. The molecule has 0 aromatic rings. The normalized spacial score (nSPS) is 46.3. The first-order valence-electron chi connectivity index (χ1n) is 15.8. The van der Waals surface area contributed by atoms with Crippen molar-refractivity contribution in [3.63, 3.8) is 0 Å². The van der Waals surface area contributed by atoms with E-state index < -0.39 is 11.7 Å².